The predicted molar refractivity (Wildman–Crippen MR) is 322 cm³/mol. The number of anilines is 6. The molecule has 0 saturated carbocycles. The van der Waals surface area contributed by atoms with Crippen LogP contribution in [0.4, 0.5) is 34.1 Å². The summed E-state index contributed by atoms with van der Waals surface area (Å²) in [5, 5.41) is 0. The zero-order valence-electron chi connectivity index (χ0n) is 44.1. The van der Waals surface area contributed by atoms with E-state index in [1.807, 2.05) is 0 Å². The molecule has 0 amide bonds. The van der Waals surface area contributed by atoms with Crippen LogP contribution in [-0.4, -0.2) is 0 Å². The summed E-state index contributed by atoms with van der Waals surface area (Å²) in [5.41, 5.74) is 29.5. The molecule has 0 bridgehead atoms. The van der Waals surface area contributed by atoms with Crippen molar-refractivity contribution in [2.45, 2.75) is 52.4 Å². The number of nitrogens with zero attached hydrogens (tertiary/aromatic N) is 2. The van der Waals surface area contributed by atoms with Crippen molar-refractivity contribution in [3.8, 4) is 66.8 Å². The molecule has 2 nitrogen and oxygen atoms in total. The van der Waals surface area contributed by atoms with Crippen molar-refractivity contribution in [2.24, 2.45) is 0 Å². The molecule has 2 aliphatic carbocycles. The van der Waals surface area contributed by atoms with Crippen LogP contribution in [0.25, 0.3) is 66.8 Å². The van der Waals surface area contributed by atoms with Gasteiger partial charge in [0, 0.05) is 45.0 Å². The van der Waals surface area contributed by atoms with Crippen molar-refractivity contribution in [1.82, 2.24) is 0 Å². The van der Waals surface area contributed by atoms with Crippen LogP contribution in [0.15, 0.2) is 255 Å². The van der Waals surface area contributed by atoms with E-state index < -0.39 is 0 Å². The van der Waals surface area contributed by atoms with Gasteiger partial charge in [0.15, 0.2) is 0 Å². The lowest BCUT2D eigenvalue weighted by Crippen LogP contribution is -2.18. The van der Waals surface area contributed by atoms with Gasteiger partial charge < -0.3 is 9.80 Å². The molecule has 11 aromatic carbocycles. The third-order valence-electron chi connectivity index (χ3n) is 16.5. The second-order valence-corrected chi connectivity index (χ2v) is 21.9. The van der Waals surface area contributed by atoms with Crippen molar-refractivity contribution in [3.63, 3.8) is 0 Å². The minimum absolute atomic E-state index is 0.254. The quantitative estimate of drug-likeness (QED) is 0.135. The Labute approximate surface area is 448 Å². The highest BCUT2D eigenvalue weighted by molar-refractivity contribution is 5.95. The summed E-state index contributed by atoms with van der Waals surface area (Å²) in [6.45, 7) is 14.4. The van der Waals surface area contributed by atoms with Gasteiger partial charge in [-0.3, -0.25) is 0 Å². The molecular weight excluding hydrogens is 917 g/mol. The van der Waals surface area contributed by atoms with Crippen LogP contribution in [0.1, 0.15) is 61.1 Å². The largest absolute Gasteiger partial charge is 0.310 e. The second kappa shape index (κ2) is 18.4. The fourth-order valence-electron chi connectivity index (χ4n) is 12.5. The monoisotopic (exact) mass is 976 g/mol. The summed E-state index contributed by atoms with van der Waals surface area (Å²) in [6, 6.07) is 93.8. The van der Waals surface area contributed by atoms with Crippen LogP contribution < -0.4 is 9.80 Å². The first kappa shape index (κ1) is 46.8. The summed E-state index contributed by atoms with van der Waals surface area (Å²) >= 11 is 0. The molecule has 11 aromatic rings. The maximum absolute atomic E-state index is 2.56. The summed E-state index contributed by atoms with van der Waals surface area (Å²) in [5.74, 6) is 0. The fraction of sp³-hybridized carbons (Fsp3) is 0.108. The maximum atomic E-state index is 2.56. The third-order valence-corrected chi connectivity index (χ3v) is 16.5. The molecule has 0 spiro atoms. The van der Waals surface area contributed by atoms with Crippen molar-refractivity contribution >= 4 is 34.1 Å². The minimum atomic E-state index is -0.254. The zero-order valence-corrected chi connectivity index (χ0v) is 44.1. The molecule has 76 heavy (non-hydrogen) atoms. The first-order valence-electron chi connectivity index (χ1n) is 26.7. The number of hydrogen-bond acceptors (Lipinski definition) is 2. The normalized spacial score (nSPS) is 13.3. The summed E-state index contributed by atoms with van der Waals surface area (Å²) in [4.78, 5) is 4.88. The summed E-state index contributed by atoms with van der Waals surface area (Å²) in [6.07, 6.45) is 0. The second-order valence-electron chi connectivity index (χ2n) is 21.9. The van der Waals surface area contributed by atoms with E-state index in [0.29, 0.717) is 0 Å². The highest BCUT2D eigenvalue weighted by Gasteiger charge is 2.43. The lowest BCUT2D eigenvalue weighted by molar-refractivity contribution is 0.652. The van der Waals surface area contributed by atoms with Gasteiger partial charge in [0.25, 0.3) is 0 Å². The lowest BCUT2D eigenvalue weighted by Gasteiger charge is -2.29. The van der Waals surface area contributed by atoms with Crippen molar-refractivity contribution < 1.29 is 0 Å². The molecule has 0 aromatic heterocycles. The van der Waals surface area contributed by atoms with E-state index in [1.54, 1.807) is 0 Å². The Morgan fingerprint density at radius 2 is 0.474 bits per heavy atom. The van der Waals surface area contributed by atoms with Crippen molar-refractivity contribution in [1.29, 1.82) is 0 Å². The zero-order chi connectivity index (χ0) is 51.7. The molecule has 2 heteroatoms. The molecule has 0 fully saturated rings. The minimum Gasteiger partial charge on any atom is -0.310 e. The Bertz CT molecular complexity index is 3500. The summed E-state index contributed by atoms with van der Waals surface area (Å²) < 4.78 is 0. The first-order valence-corrected chi connectivity index (χ1v) is 26.7. The van der Waals surface area contributed by atoms with E-state index in [2.05, 4.69) is 306 Å². The van der Waals surface area contributed by atoms with E-state index in [-0.39, 0.29) is 10.8 Å². The maximum Gasteiger partial charge on any atom is 0.0467 e. The molecule has 13 rings (SSSR count). The number of benzene rings is 11. The molecule has 0 unspecified atom stereocenters. The molecule has 0 N–H and O–H groups in total. The van der Waals surface area contributed by atoms with Gasteiger partial charge in [0.1, 0.15) is 0 Å². The van der Waals surface area contributed by atoms with Crippen LogP contribution in [0.5, 0.6) is 0 Å². The topological polar surface area (TPSA) is 6.48 Å². The van der Waals surface area contributed by atoms with E-state index in [4.69, 9.17) is 0 Å². The highest BCUT2D eigenvalue weighted by atomic mass is 15.1. The van der Waals surface area contributed by atoms with Gasteiger partial charge >= 0.3 is 0 Å². The van der Waals surface area contributed by atoms with Gasteiger partial charge in [-0.05, 0) is 199 Å². The van der Waals surface area contributed by atoms with Gasteiger partial charge in [0.2, 0.25) is 0 Å². The fourth-order valence-corrected chi connectivity index (χ4v) is 12.5. The number of fused-ring (bicyclic) bond motifs is 6. The van der Waals surface area contributed by atoms with Gasteiger partial charge in [-0.1, -0.05) is 198 Å². The molecule has 0 aliphatic heterocycles. The van der Waals surface area contributed by atoms with Gasteiger partial charge in [-0.25, -0.2) is 0 Å². The van der Waals surface area contributed by atoms with Gasteiger partial charge in [0.05, 0.1) is 0 Å². The van der Waals surface area contributed by atoms with Gasteiger partial charge in [-0.2, -0.15) is 0 Å². The van der Waals surface area contributed by atoms with Gasteiger partial charge in [-0.15, -0.1) is 0 Å². The van der Waals surface area contributed by atoms with Crippen molar-refractivity contribution in [3.05, 3.63) is 288 Å². The average Bonchev–Trinajstić information content (AvgIpc) is 3.99. The van der Waals surface area contributed by atoms with Crippen LogP contribution in [0.3, 0.4) is 0 Å². The van der Waals surface area contributed by atoms with Crippen molar-refractivity contribution in [2.75, 3.05) is 9.80 Å². The number of rotatable bonds is 10. The Morgan fingerprint density at radius 1 is 0.237 bits per heavy atom. The molecule has 0 saturated heterocycles. The Morgan fingerprint density at radius 3 is 0.724 bits per heavy atom. The standard InChI is InChI=1S/C74H60N2/c1-49-43-63(75(59-35-27-55(28-36-59)51-19-11-7-12-20-51)60-37-29-56(30-38-60)52-21-13-8-14-22-52)45-69-71(49)65-47-68-66(48-67(65)73(69,3)4)72-50(2)44-64(46-70(72)74(68,5)6)76(61-39-31-57(32-40-61)53-23-15-9-16-24-53)62-41-33-58(34-42-62)54-25-17-10-18-26-54/h7-48H,1-6H3. The highest BCUT2D eigenvalue weighted by Crippen LogP contribution is 2.59. The molecule has 366 valence electrons. The van der Waals surface area contributed by atoms with E-state index >= 15 is 0 Å². The van der Waals surface area contributed by atoms with Crippen LogP contribution in [-0.2, 0) is 10.8 Å². The smallest absolute Gasteiger partial charge is 0.0467 e. The molecule has 0 radical (unpaired) electrons. The summed E-state index contributed by atoms with van der Waals surface area (Å²) in [7, 11) is 0. The Balaban J connectivity index is 0.895. The first-order chi connectivity index (χ1) is 37.0. The Hall–Kier alpha value is -8.98. The predicted octanol–water partition coefficient (Wildman–Crippen LogP) is 20.5. The lowest BCUT2D eigenvalue weighted by atomic mass is 9.79. The number of hydrogen-bond donors (Lipinski definition) is 0. The SMILES string of the molecule is Cc1cc(N(c2ccc(-c3ccccc3)cc2)c2ccc(-c3ccccc3)cc2)cc2c1-c1cc3c(cc1C2(C)C)-c1c(C)cc(N(c2ccc(-c4ccccc4)cc2)c2ccc(-c4ccccc4)cc2)cc1C3(C)C. The number of aryl methyl sites for hydroxylation is 2. The molecule has 0 atom stereocenters. The molecular formula is C74H60N2. The molecule has 2 aliphatic rings. The third kappa shape index (κ3) is 7.96. The van der Waals surface area contributed by atoms with E-state index in [1.165, 1.54) is 100 Å². The molecule has 0 heterocycles. The van der Waals surface area contributed by atoms with E-state index in [9.17, 15) is 0 Å². The van der Waals surface area contributed by atoms with Crippen LogP contribution >= 0.6 is 0 Å². The van der Waals surface area contributed by atoms with Crippen LogP contribution in [0.2, 0.25) is 0 Å². The average molecular weight is 977 g/mol. The van der Waals surface area contributed by atoms with Crippen LogP contribution in [0, 0.1) is 13.8 Å². The Kier molecular flexibility index (Phi) is 11.4. The van der Waals surface area contributed by atoms with E-state index in [0.717, 1.165) is 34.1 Å².